The van der Waals surface area contributed by atoms with Gasteiger partial charge in [-0.15, -0.1) is 0 Å². The third-order valence-electron chi connectivity index (χ3n) is 2.23. The van der Waals surface area contributed by atoms with Gasteiger partial charge in [-0.25, -0.2) is 0 Å². The van der Waals surface area contributed by atoms with Crippen molar-refractivity contribution in [1.82, 2.24) is 10.1 Å². The quantitative estimate of drug-likeness (QED) is 0.893. The number of aliphatic hydroxyl groups is 1. The molecule has 84 valence electrons. The molecule has 16 heavy (non-hydrogen) atoms. The van der Waals surface area contributed by atoms with Crippen molar-refractivity contribution in [2.45, 2.75) is 19.4 Å². The molecule has 0 amide bonds. The molecule has 1 unspecified atom stereocenters. The smallest absolute Gasteiger partial charge is 0.259 e. The van der Waals surface area contributed by atoms with Crippen molar-refractivity contribution in [2.24, 2.45) is 0 Å². The van der Waals surface area contributed by atoms with Gasteiger partial charge >= 0.3 is 0 Å². The maximum atomic E-state index is 9.54. The molecule has 0 aliphatic heterocycles. The van der Waals surface area contributed by atoms with E-state index in [-0.39, 0.29) is 5.82 Å². The van der Waals surface area contributed by atoms with Crippen LogP contribution in [0.3, 0.4) is 0 Å². The van der Waals surface area contributed by atoms with Gasteiger partial charge in [0, 0.05) is 0 Å². The molecule has 5 heteroatoms. The van der Waals surface area contributed by atoms with Gasteiger partial charge in [0.1, 0.15) is 6.10 Å². The van der Waals surface area contributed by atoms with Crippen LogP contribution in [-0.4, -0.2) is 15.2 Å². The van der Waals surface area contributed by atoms with Crippen LogP contribution < -0.4 is 0 Å². The first-order valence-corrected chi connectivity index (χ1v) is 5.36. The summed E-state index contributed by atoms with van der Waals surface area (Å²) in [5.41, 5.74) is 0.672. The van der Waals surface area contributed by atoms with Crippen LogP contribution in [0, 0.1) is 0 Å². The molecule has 0 spiro atoms. The summed E-state index contributed by atoms with van der Waals surface area (Å²) in [4.78, 5) is 4.10. The summed E-state index contributed by atoms with van der Waals surface area (Å²) < 4.78 is 5.05. The van der Waals surface area contributed by atoms with Gasteiger partial charge in [0.15, 0.2) is 0 Å². The van der Waals surface area contributed by atoms with Crippen molar-refractivity contribution in [1.29, 1.82) is 0 Å². The maximum absolute atomic E-state index is 9.54. The van der Waals surface area contributed by atoms with Gasteiger partial charge in [-0.2, -0.15) is 4.98 Å². The summed E-state index contributed by atoms with van der Waals surface area (Å²) in [5, 5.41) is 13.8. The SMILES string of the molecule is CCC(O)c1noc(-c2ccccc2Cl)n1. The fraction of sp³-hybridized carbons (Fsp3) is 0.273. The third kappa shape index (κ3) is 2.08. The van der Waals surface area contributed by atoms with Crippen LogP contribution in [-0.2, 0) is 0 Å². The van der Waals surface area contributed by atoms with Gasteiger partial charge < -0.3 is 9.63 Å². The predicted octanol–water partition coefficient (Wildman–Crippen LogP) is 2.83. The minimum Gasteiger partial charge on any atom is -0.385 e. The first kappa shape index (κ1) is 11.1. The number of aromatic nitrogens is 2. The van der Waals surface area contributed by atoms with E-state index in [1.807, 2.05) is 19.1 Å². The molecule has 0 aliphatic rings. The molecule has 4 nitrogen and oxygen atoms in total. The van der Waals surface area contributed by atoms with Crippen LogP contribution in [0.2, 0.25) is 5.02 Å². The first-order chi connectivity index (χ1) is 7.72. The summed E-state index contributed by atoms with van der Waals surface area (Å²) in [6.45, 7) is 1.84. The number of hydrogen-bond donors (Lipinski definition) is 1. The van der Waals surface area contributed by atoms with E-state index in [0.717, 1.165) is 0 Å². The lowest BCUT2D eigenvalue weighted by atomic mass is 10.2. The highest BCUT2D eigenvalue weighted by Crippen LogP contribution is 2.27. The summed E-state index contributed by atoms with van der Waals surface area (Å²) in [7, 11) is 0. The van der Waals surface area contributed by atoms with Crippen LogP contribution in [0.1, 0.15) is 25.3 Å². The van der Waals surface area contributed by atoms with Gasteiger partial charge in [-0.3, -0.25) is 0 Å². The number of nitrogens with zero attached hydrogens (tertiary/aromatic N) is 2. The Bertz CT molecular complexity index is 484. The summed E-state index contributed by atoms with van der Waals surface area (Å²) in [6, 6.07) is 7.19. The second kappa shape index (κ2) is 4.63. The van der Waals surface area contributed by atoms with Gasteiger partial charge in [0.05, 0.1) is 10.6 Å². The number of rotatable bonds is 3. The lowest BCUT2D eigenvalue weighted by Crippen LogP contribution is -1.97. The average molecular weight is 239 g/mol. The predicted molar refractivity (Wildman–Crippen MR) is 60.0 cm³/mol. The molecule has 0 saturated carbocycles. The number of halogens is 1. The second-order valence-electron chi connectivity index (χ2n) is 3.36. The van der Waals surface area contributed by atoms with Crippen LogP contribution in [0.4, 0.5) is 0 Å². The molecule has 2 rings (SSSR count). The number of aliphatic hydroxyl groups excluding tert-OH is 1. The van der Waals surface area contributed by atoms with Gasteiger partial charge in [0.2, 0.25) is 5.82 Å². The zero-order chi connectivity index (χ0) is 11.5. The molecule has 1 atom stereocenters. The molecule has 0 fully saturated rings. The van der Waals surface area contributed by atoms with Crippen molar-refractivity contribution in [3.05, 3.63) is 35.1 Å². The van der Waals surface area contributed by atoms with Crippen LogP contribution in [0.25, 0.3) is 11.5 Å². The van der Waals surface area contributed by atoms with E-state index in [2.05, 4.69) is 10.1 Å². The zero-order valence-corrected chi connectivity index (χ0v) is 9.48. The largest absolute Gasteiger partial charge is 0.385 e. The Morgan fingerprint density at radius 2 is 2.19 bits per heavy atom. The van der Waals surface area contributed by atoms with Crippen molar-refractivity contribution in [3.63, 3.8) is 0 Å². The fourth-order valence-corrected chi connectivity index (χ4v) is 1.51. The highest BCUT2D eigenvalue weighted by Gasteiger charge is 2.15. The van der Waals surface area contributed by atoms with E-state index < -0.39 is 6.10 Å². The van der Waals surface area contributed by atoms with E-state index in [1.54, 1.807) is 12.1 Å². The summed E-state index contributed by atoms with van der Waals surface area (Å²) in [6.07, 6.45) is -0.151. The van der Waals surface area contributed by atoms with E-state index in [0.29, 0.717) is 22.9 Å². The molecule has 1 N–H and O–H groups in total. The van der Waals surface area contributed by atoms with Crippen LogP contribution in [0.15, 0.2) is 28.8 Å². The monoisotopic (exact) mass is 238 g/mol. The van der Waals surface area contributed by atoms with E-state index >= 15 is 0 Å². The average Bonchev–Trinajstić information content (AvgIpc) is 2.78. The topological polar surface area (TPSA) is 59.2 Å². The van der Waals surface area contributed by atoms with Gasteiger partial charge in [-0.1, -0.05) is 35.8 Å². The number of hydrogen-bond acceptors (Lipinski definition) is 4. The Morgan fingerprint density at radius 1 is 1.44 bits per heavy atom. The second-order valence-corrected chi connectivity index (χ2v) is 3.77. The molecule has 0 aliphatic carbocycles. The fourth-order valence-electron chi connectivity index (χ4n) is 1.30. The van der Waals surface area contributed by atoms with E-state index in [1.165, 1.54) is 0 Å². The molecule has 1 aromatic heterocycles. The lowest BCUT2D eigenvalue weighted by molar-refractivity contribution is 0.159. The van der Waals surface area contributed by atoms with E-state index in [9.17, 15) is 5.11 Å². The van der Waals surface area contributed by atoms with Crippen molar-refractivity contribution in [2.75, 3.05) is 0 Å². The van der Waals surface area contributed by atoms with E-state index in [4.69, 9.17) is 16.1 Å². The Balaban J connectivity index is 2.35. The van der Waals surface area contributed by atoms with Crippen molar-refractivity contribution >= 4 is 11.6 Å². The van der Waals surface area contributed by atoms with Gasteiger partial charge in [0.25, 0.3) is 5.89 Å². The minimum atomic E-state index is -0.694. The molecule has 0 radical (unpaired) electrons. The molecule has 0 saturated heterocycles. The zero-order valence-electron chi connectivity index (χ0n) is 8.72. The molecule has 0 bridgehead atoms. The molecule has 2 aromatic rings. The summed E-state index contributed by atoms with van der Waals surface area (Å²) >= 11 is 5.99. The summed E-state index contributed by atoms with van der Waals surface area (Å²) in [5.74, 6) is 0.616. The minimum absolute atomic E-state index is 0.289. The Labute approximate surface area is 97.9 Å². The highest BCUT2D eigenvalue weighted by molar-refractivity contribution is 6.33. The normalized spacial score (nSPS) is 12.7. The van der Waals surface area contributed by atoms with Crippen molar-refractivity contribution < 1.29 is 9.63 Å². The highest BCUT2D eigenvalue weighted by atomic mass is 35.5. The van der Waals surface area contributed by atoms with Gasteiger partial charge in [-0.05, 0) is 18.6 Å². The molecule has 1 heterocycles. The Hall–Kier alpha value is -1.39. The maximum Gasteiger partial charge on any atom is 0.259 e. The third-order valence-corrected chi connectivity index (χ3v) is 2.56. The Morgan fingerprint density at radius 3 is 2.88 bits per heavy atom. The molecular formula is C11H11ClN2O2. The standard InChI is InChI=1S/C11H11ClN2O2/c1-2-9(15)10-13-11(16-14-10)7-5-3-4-6-8(7)12/h3-6,9,15H,2H2,1H3. The first-order valence-electron chi connectivity index (χ1n) is 4.99. The van der Waals surface area contributed by atoms with Crippen LogP contribution in [0.5, 0.6) is 0 Å². The molecular weight excluding hydrogens is 228 g/mol. The molecule has 1 aromatic carbocycles. The Kier molecular flexibility index (Phi) is 3.22. The number of benzene rings is 1. The van der Waals surface area contributed by atoms with Crippen molar-refractivity contribution in [3.8, 4) is 11.5 Å². The van der Waals surface area contributed by atoms with Crippen LogP contribution >= 0.6 is 11.6 Å². The lowest BCUT2D eigenvalue weighted by Gasteiger charge is -1.98.